The molecule has 2 aromatic rings. The minimum absolute atomic E-state index is 0.0132. The second-order valence-corrected chi connectivity index (χ2v) is 10.8. The first kappa shape index (κ1) is 28.2. The summed E-state index contributed by atoms with van der Waals surface area (Å²) in [6.45, 7) is 4.49. The normalized spacial score (nSPS) is 14.7. The number of hydrogen-bond acceptors (Lipinski definition) is 6. The summed E-state index contributed by atoms with van der Waals surface area (Å²) in [5.41, 5.74) is 0.948. The van der Waals surface area contributed by atoms with Crippen LogP contribution < -0.4 is 10.1 Å². The molecule has 2 aromatic carbocycles. The Kier molecular flexibility index (Phi) is 9.68. The van der Waals surface area contributed by atoms with Crippen molar-refractivity contribution in [3.63, 3.8) is 0 Å². The van der Waals surface area contributed by atoms with Gasteiger partial charge in [0.25, 0.3) is 15.9 Å². The predicted octanol–water partition coefficient (Wildman–Crippen LogP) is 3.34. The van der Waals surface area contributed by atoms with E-state index in [1.54, 1.807) is 25.3 Å². The van der Waals surface area contributed by atoms with E-state index in [2.05, 4.69) is 5.32 Å². The third kappa shape index (κ3) is 6.49. The monoisotopic (exact) mass is 529 g/mol. The Hall–Kier alpha value is -3.40. The number of methoxy groups -OCH3 is 1. The fourth-order valence-electron chi connectivity index (χ4n) is 4.36. The van der Waals surface area contributed by atoms with Gasteiger partial charge in [-0.25, -0.2) is 12.7 Å². The minimum Gasteiger partial charge on any atom is -0.497 e. The van der Waals surface area contributed by atoms with E-state index in [1.165, 1.54) is 17.0 Å². The first-order valence-corrected chi connectivity index (χ1v) is 14.0. The van der Waals surface area contributed by atoms with Gasteiger partial charge in [0.1, 0.15) is 16.7 Å². The number of ether oxygens (including phenoxy) is 1. The summed E-state index contributed by atoms with van der Waals surface area (Å²) in [6.07, 6.45) is 2.32. The van der Waals surface area contributed by atoms with Gasteiger partial charge in [-0.05, 0) is 49.1 Å². The van der Waals surface area contributed by atoms with E-state index < -0.39 is 22.0 Å². The number of carbonyl (C=O) groups excluding carboxylic acids is 3. The number of unbranched alkanes of at least 4 members (excludes halogenated alkanes) is 1. The summed E-state index contributed by atoms with van der Waals surface area (Å²) >= 11 is 0. The minimum atomic E-state index is -3.94. The van der Waals surface area contributed by atoms with Gasteiger partial charge in [-0.2, -0.15) is 0 Å². The maximum absolute atomic E-state index is 13.4. The van der Waals surface area contributed by atoms with E-state index in [-0.39, 0.29) is 48.2 Å². The third-order valence-electron chi connectivity index (χ3n) is 6.37. The number of hydrogen-bond donors (Lipinski definition) is 1. The number of fused-ring (bicyclic) bond motifs is 1. The van der Waals surface area contributed by atoms with E-state index in [9.17, 15) is 22.8 Å². The van der Waals surface area contributed by atoms with Crippen molar-refractivity contribution < 1.29 is 27.5 Å². The third-order valence-corrected chi connectivity index (χ3v) is 8.21. The summed E-state index contributed by atoms with van der Waals surface area (Å²) in [7, 11) is -2.38. The molecular formula is C27H35N3O6S. The molecule has 0 fully saturated rings. The zero-order valence-electron chi connectivity index (χ0n) is 21.6. The molecule has 1 aliphatic heterocycles. The Bertz CT molecular complexity index is 1230. The van der Waals surface area contributed by atoms with Crippen molar-refractivity contribution in [1.29, 1.82) is 0 Å². The average molecular weight is 530 g/mol. The lowest BCUT2D eigenvalue weighted by Crippen LogP contribution is -2.49. The molecule has 200 valence electrons. The molecule has 1 aliphatic rings. The Morgan fingerprint density at radius 2 is 1.84 bits per heavy atom. The van der Waals surface area contributed by atoms with Gasteiger partial charge in [0.15, 0.2) is 0 Å². The maximum atomic E-state index is 13.4. The number of sulfonamides is 1. The van der Waals surface area contributed by atoms with Crippen LogP contribution in [0.1, 0.15) is 61.9 Å². The number of amides is 3. The van der Waals surface area contributed by atoms with Gasteiger partial charge in [-0.15, -0.1) is 0 Å². The van der Waals surface area contributed by atoms with Crippen molar-refractivity contribution in [2.45, 2.75) is 63.4 Å². The number of rotatable bonds is 13. The lowest BCUT2D eigenvalue weighted by Gasteiger charge is -2.31. The second kappa shape index (κ2) is 12.7. The Morgan fingerprint density at radius 1 is 1.08 bits per heavy atom. The molecule has 1 unspecified atom stereocenters. The number of nitrogens with zero attached hydrogens (tertiary/aromatic N) is 2. The standard InChI is InChI=1S/C27H35N3O6S/c1-4-6-16-28-26(32)23(5-2)29(19-20-11-9-12-21(18-20)36-3)25(31)15-10-17-30-27(33)22-13-7-8-14-24(22)37(30,34)35/h7-9,11-14,18,23H,4-6,10,15-17,19H2,1-3H3,(H,28,32). The van der Waals surface area contributed by atoms with Crippen LogP contribution in [0.25, 0.3) is 0 Å². The summed E-state index contributed by atoms with van der Waals surface area (Å²) in [4.78, 5) is 40.6. The first-order chi connectivity index (χ1) is 17.7. The molecule has 3 rings (SSSR count). The fraction of sp³-hybridized carbons (Fsp3) is 0.444. The van der Waals surface area contributed by atoms with E-state index >= 15 is 0 Å². The summed E-state index contributed by atoms with van der Waals surface area (Å²) in [6, 6.07) is 12.7. The van der Waals surface area contributed by atoms with Gasteiger partial charge < -0.3 is 15.0 Å². The van der Waals surface area contributed by atoms with Crippen molar-refractivity contribution in [3.8, 4) is 5.75 Å². The molecule has 0 saturated carbocycles. The van der Waals surface area contributed by atoms with Gasteiger partial charge in [0.2, 0.25) is 11.8 Å². The van der Waals surface area contributed by atoms with Crippen molar-refractivity contribution in [2.24, 2.45) is 0 Å². The summed E-state index contributed by atoms with van der Waals surface area (Å²) < 4.78 is 31.8. The fourth-order valence-corrected chi connectivity index (χ4v) is 5.97. The SMILES string of the molecule is CCCCNC(=O)C(CC)N(Cc1cccc(OC)c1)C(=O)CCCN1C(=O)c2ccccc2S1(=O)=O. The highest BCUT2D eigenvalue weighted by atomic mass is 32.2. The first-order valence-electron chi connectivity index (χ1n) is 12.6. The van der Waals surface area contributed by atoms with Gasteiger partial charge in [-0.1, -0.05) is 44.5 Å². The topological polar surface area (TPSA) is 113 Å². The van der Waals surface area contributed by atoms with E-state index in [1.807, 2.05) is 32.0 Å². The van der Waals surface area contributed by atoms with Crippen molar-refractivity contribution in [3.05, 3.63) is 59.7 Å². The molecule has 1 heterocycles. The molecule has 1 N–H and O–H groups in total. The molecule has 0 radical (unpaired) electrons. The molecule has 37 heavy (non-hydrogen) atoms. The van der Waals surface area contributed by atoms with Crippen LogP contribution in [0, 0.1) is 0 Å². The molecule has 0 aliphatic carbocycles. The molecule has 9 nitrogen and oxygen atoms in total. The van der Waals surface area contributed by atoms with Crippen molar-refractivity contribution in [1.82, 2.24) is 14.5 Å². The number of carbonyl (C=O) groups is 3. The molecule has 1 atom stereocenters. The van der Waals surface area contributed by atoms with Crippen molar-refractivity contribution >= 4 is 27.7 Å². The van der Waals surface area contributed by atoms with Gasteiger partial charge in [0.05, 0.1) is 12.7 Å². The van der Waals surface area contributed by atoms with Gasteiger partial charge >= 0.3 is 0 Å². The Morgan fingerprint density at radius 3 is 2.51 bits per heavy atom. The number of nitrogens with one attached hydrogen (secondary N) is 1. The van der Waals surface area contributed by atoms with Gasteiger partial charge in [0, 0.05) is 26.1 Å². The lowest BCUT2D eigenvalue weighted by atomic mass is 10.1. The van der Waals surface area contributed by atoms with Crippen molar-refractivity contribution in [2.75, 3.05) is 20.2 Å². The van der Waals surface area contributed by atoms with E-state index in [0.717, 1.165) is 22.7 Å². The highest BCUT2D eigenvalue weighted by molar-refractivity contribution is 7.90. The molecule has 3 amide bonds. The molecule has 0 spiro atoms. The quantitative estimate of drug-likeness (QED) is 0.398. The molecular weight excluding hydrogens is 494 g/mol. The van der Waals surface area contributed by atoms with Crippen LogP contribution >= 0.6 is 0 Å². The van der Waals surface area contributed by atoms with Crippen LogP contribution in [0.2, 0.25) is 0 Å². The largest absolute Gasteiger partial charge is 0.497 e. The average Bonchev–Trinajstić information content (AvgIpc) is 3.09. The zero-order chi connectivity index (χ0) is 27.0. The number of benzene rings is 2. The second-order valence-electron chi connectivity index (χ2n) is 8.92. The van der Waals surface area contributed by atoms with E-state index in [0.29, 0.717) is 18.7 Å². The van der Waals surface area contributed by atoms with E-state index in [4.69, 9.17) is 4.74 Å². The zero-order valence-corrected chi connectivity index (χ0v) is 22.4. The molecule has 10 heteroatoms. The van der Waals surface area contributed by atoms with Crippen LogP contribution in [-0.2, 0) is 26.2 Å². The highest BCUT2D eigenvalue weighted by Gasteiger charge is 2.40. The molecule has 0 saturated heterocycles. The van der Waals surface area contributed by atoms with Gasteiger partial charge in [-0.3, -0.25) is 14.4 Å². The smallest absolute Gasteiger partial charge is 0.269 e. The summed E-state index contributed by atoms with van der Waals surface area (Å²) in [5.74, 6) is -0.456. The summed E-state index contributed by atoms with van der Waals surface area (Å²) in [5, 5.41) is 2.92. The lowest BCUT2D eigenvalue weighted by molar-refractivity contribution is -0.141. The van der Waals surface area contributed by atoms with Crippen LogP contribution in [0.4, 0.5) is 0 Å². The maximum Gasteiger partial charge on any atom is 0.269 e. The van der Waals surface area contributed by atoms with Crippen LogP contribution in [0.5, 0.6) is 5.75 Å². The Labute approximate surface area is 218 Å². The van der Waals surface area contributed by atoms with Crippen LogP contribution in [0.3, 0.4) is 0 Å². The van der Waals surface area contributed by atoms with Crippen LogP contribution in [-0.4, -0.2) is 61.6 Å². The molecule has 0 bridgehead atoms. The Balaban J connectivity index is 1.74. The predicted molar refractivity (Wildman–Crippen MR) is 139 cm³/mol. The highest BCUT2D eigenvalue weighted by Crippen LogP contribution is 2.30. The van der Waals surface area contributed by atoms with Crippen LogP contribution in [0.15, 0.2) is 53.4 Å². The molecule has 0 aromatic heterocycles.